The van der Waals surface area contributed by atoms with Gasteiger partial charge < -0.3 is 5.73 Å². The highest BCUT2D eigenvalue weighted by atomic mass is 79.9. The molecule has 0 aliphatic carbocycles. The van der Waals surface area contributed by atoms with Gasteiger partial charge in [-0.25, -0.2) is 32.9 Å². The van der Waals surface area contributed by atoms with Crippen LogP contribution in [-0.2, 0) is 6.18 Å². The molecule has 9 nitrogen and oxygen atoms in total. The van der Waals surface area contributed by atoms with Gasteiger partial charge in [-0.1, -0.05) is 12.1 Å². The summed E-state index contributed by atoms with van der Waals surface area (Å²) in [6.07, 6.45) is 0.708. The molecule has 5 aromatic rings. The van der Waals surface area contributed by atoms with Crippen LogP contribution in [-0.4, -0.2) is 39.6 Å². The minimum absolute atomic E-state index is 0.0807. The fourth-order valence-corrected chi connectivity index (χ4v) is 4.87. The number of nitrogens with zero attached hydrogens (tertiary/aromatic N) is 8. The topological polar surface area (TPSA) is 113 Å². The third-order valence-electron chi connectivity index (χ3n) is 5.70. The summed E-state index contributed by atoms with van der Waals surface area (Å²) in [4.78, 5) is 10.9. The molecule has 4 aromatic heterocycles. The van der Waals surface area contributed by atoms with Crippen molar-refractivity contribution in [2.24, 2.45) is 0 Å². The monoisotopic (exact) mass is 579 g/mol. The summed E-state index contributed by atoms with van der Waals surface area (Å²) in [5.41, 5.74) is 8.44. The largest absolute Gasteiger partial charge is 0.451 e. The Bertz CT molecular complexity index is 1610. The average molecular weight is 580 g/mol. The molecule has 2 N–H and O–H groups in total. The summed E-state index contributed by atoms with van der Waals surface area (Å²) in [6.45, 7) is 1.89. The van der Waals surface area contributed by atoms with Crippen molar-refractivity contribution in [3.05, 3.63) is 76.4 Å². The van der Waals surface area contributed by atoms with E-state index in [0.29, 0.717) is 33.4 Å². The fraction of sp³-hybridized carbons (Fsp3) is 0.182. The van der Waals surface area contributed by atoms with E-state index >= 15 is 0 Å². The van der Waals surface area contributed by atoms with Crippen LogP contribution in [0.15, 0.2) is 47.6 Å². The van der Waals surface area contributed by atoms with Gasteiger partial charge >= 0.3 is 6.18 Å². The van der Waals surface area contributed by atoms with Crippen LogP contribution in [0.3, 0.4) is 0 Å². The Hall–Kier alpha value is -4.01. The third kappa shape index (κ3) is 4.28. The zero-order valence-electron chi connectivity index (χ0n) is 18.7. The summed E-state index contributed by atoms with van der Waals surface area (Å²) in [5.74, 6) is -3.66. The minimum atomic E-state index is -4.70. The van der Waals surface area contributed by atoms with Gasteiger partial charge in [-0.15, -0.1) is 5.10 Å². The number of anilines is 1. The number of rotatable bonds is 5. The van der Waals surface area contributed by atoms with Gasteiger partial charge in [-0.2, -0.15) is 18.3 Å². The molecule has 15 heteroatoms. The molecule has 1 aromatic carbocycles. The number of fused-ring (bicyclic) bond motifs is 1. The van der Waals surface area contributed by atoms with Gasteiger partial charge in [0.2, 0.25) is 5.82 Å². The van der Waals surface area contributed by atoms with Crippen LogP contribution in [0.5, 0.6) is 0 Å². The van der Waals surface area contributed by atoms with E-state index in [4.69, 9.17) is 5.73 Å². The first kappa shape index (κ1) is 24.7. The second-order valence-electron chi connectivity index (χ2n) is 7.92. The molecule has 1 unspecified atom stereocenters. The van der Waals surface area contributed by atoms with Crippen LogP contribution in [0.25, 0.3) is 22.3 Å². The molecule has 0 radical (unpaired) electrons. The molecule has 37 heavy (non-hydrogen) atoms. The molecular formula is C22H15BrF5N9. The van der Waals surface area contributed by atoms with Crippen LogP contribution in [0, 0.1) is 11.6 Å². The van der Waals surface area contributed by atoms with Gasteiger partial charge in [0, 0.05) is 35.5 Å². The second kappa shape index (κ2) is 9.14. The minimum Gasteiger partial charge on any atom is -0.382 e. The highest BCUT2D eigenvalue weighted by Gasteiger charge is 2.35. The molecule has 5 rings (SSSR count). The number of hydrogen-bond donors (Lipinski definition) is 1. The molecular weight excluding hydrogens is 565 g/mol. The lowest BCUT2D eigenvalue weighted by Crippen LogP contribution is -2.10. The van der Waals surface area contributed by atoms with Gasteiger partial charge in [-0.3, -0.25) is 0 Å². The standard InChI is InChI=1S/C22H15BrF5N9/c1-2-12(15-8-36(35-34-15)11-3-4-13(24)14(25)5-11)18-17(23)16(19-20(29)32-9-33-37(18)19)10-6-30-21(31-7-10)22(26,27)28/h3-9,12H,2H2,1H3,(H2,29,32,33). The smallest absolute Gasteiger partial charge is 0.382 e. The van der Waals surface area contributed by atoms with Crippen LogP contribution >= 0.6 is 15.9 Å². The van der Waals surface area contributed by atoms with E-state index < -0.39 is 29.6 Å². The van der Waals surface area contributed by atoms with Gasteiger partial charge in [0.05, 0.1) is 27.7 Å². The van der Waals surface area contributed by atoms with E-state index in [9.17, 15) is 22.0 Å². The number of nitrogens with two attached hydrogens (primary N) is 1. The van der Waals surface area contributed by atoms with Crippen molar-refractivity contribution in [3.63, 3.8) is 0 Å². The molecule has 0 saturated carbocycles. The average Bonchev–Trinajstić information content (AvgIpc) is 3.45. The first-order valence-corrected chi connectivity index (χ1v) is 11.5. The van der Waals surface area contributed by atoms with E-state index in [-0.39, 0.29) is 17.1 Å². The van der Waals surface area contributed by atoms with Crippen molar-refractivity contribution < 1.29 is 22.0 Å². The number of benzene rings is 1. The lowest BCUT2D eigenvalue weighted by atomic mass is 9.98. The van der Waals surface area contributed by atoms with E-state index in [1.807, 2.05) is 6.92 Å². The number of aromatic nitrogens is 8. The first-order valence-electron chi connectivity index (χ1n) is 10.7. The molecule has 0 fully saturated rings. The fourth-order valence-electron chi connectivity index (χ4n) is 4.01. The molecule has 0 bridgehead atoms. The highest BCUT2D eigenvalue weighted by Crippen LogP contribution is 2.43. The van der Waals surface area contributed by atoms with E-state index in [0.717, 1.165) is 24.5 Å². The summed E-state index contributed by atoms with van der Waals surface area (Å²) >= 11 is 3.56. The first-order chi connectivity index (χ1) is 17.6. The lowest BCUT2D eigenvalue weighted by Gasteiger charge is -2.13. The Morgan fingerprint density at radius 3 is 2.46 bits per heavy atom. The summed E-state index contributed by atoms with van der Waals surface area (Å²) in [5, 5.41) is 12.6. The Morgan fingerprint density at radius 2 is 1.81 bits per heavy atom. The van der Waals surface area contributed by atoms with Crippen LogP contribution in [0.4, 0.5) is 27.8 Å². The maximum atomic E-state index is 13.7. The number of hydrogen-bond acceptors (Lipinski definition) is 7. The van der Waals surface area contributed by atoms with Crippen molar-refractivity contribution in [1.29, 1.82) is 0 Å². The SMILES string of the molecule is CCC(c1cn(-c2ccc(F)c(F)c2)nn1)c1c(Br)c(-c2cnc(C(F)(F)F)nc2)c2c(N)ncnn12. The molecule has 190 valence electrons. The Labute approximate surface area is 213 Å². The summed E-state index contributed by atoms with van der Waals surface area (Å²) in [6, 6.07) is 3.34. The zero-order chi connectivity index (χ0) is 26.5. The number of alkyl halides is 3. The number of halogens is 6. The zero-order valence-corrected chi connectivity index (χ0v) is 20.3. The van der Waals surface area contributed by atoms with Gasteiger partial charge in [0.15, 0.2) is 17.5 Å². The van der Waals surface area contributed by atoms with E-state index in [2.05, 4.69) is 46.3 Å². The summed E-state index contributed by atoms with van der Waals surface area (Å²) in [7, 11) is 0. The van der Waals surface area contributed by atoms with Crippen molar-refractivity contribution in [2.45, 2.75) is 25.4 Å². The molecule has 0 amide bonds. The lowest BCUT2D eigenvalue weighted by molar-refractivity contribution is -0.144. The van der Waals surface area contributed by atoms with Gasteiger partial charge in [0.25, 0.3) is 0 Å². The normalized spacial score (nSPS) is 12.8. The maximum Gasteiger partial charge on any atom is 0.451 e. The summed E-state index contributed by atoms with van der Waals surface area (Å²) < 4.78 is 69.4. The van der Waals surface area contributed by atoms with E-state index in [1.165, 1.54) is 21.6 Å². The van der Waals surface area contributed by atoms with E-state index in [1.54, 1.807) is 6.20 Å². The van der Waals surface area contributed by atoms with Crippen molar-refractivity contribution in [1.82, 2.24) is 39.6 Å². The molecule has 0 saturated heterocycles. The molecule has 4 heterocycles. The van der Waals surface area contributed by atoms with Crippen LogP contribution in [0.1, 0.15) is 36.5 Å². The Morgan fingerprint density at radius 1 is 1.08 bits per heavy atom. The molecule has 0 aliphatic heterocycles. The molecule has 1 atom stereocenters. The second-order valence-corrected chi connectivity index (χ2v) is 8.71. The van der Waals surface area contributed by atoms with Crippen LogP contribution < -0.4 is 5.73 Å². The van der Waals surface area contributed by atoms with Gasteiger partial charge in [-0.05, 0) is 34.5 Å². The predicted octanol–water partition coefficient (Wildman–Crippen LogP) is 4.95. The molecule has 0 aliphatic rings. The molecule has 0 spiro atoms. The third-order valence-corrected chi connectivity index (χ3v) is 6.50. The van der Waals surface area contributed by atoms with Crippen LogP contribution in [0.2, 0.25) is 0 Å². The Kier molecular flexibility index (Phi) is 6.09. The Balaban J connectivity index is 1.65. The quantitative estimate of drug-likeness (QED) is 0.293. The van der Waals surface area contributed by atoms with Crippen molar-refractivity contribution in [2.75, 3.05) is 5.73 Å². The predicted molar refractivity (Wildman–Crippen MR) is 125 cm³/mol. The number of nitrogen functional groups attached to an aromatic ring is 1. The highest BCUT2D eigenvalue weighted by molar-refractivity contribution is 9.10. The van der Waals surface area contributed by atoms with Crippen molar-refractivity contribution >= 4 is 27.3 Å². The van der Waals surface area contributed by atoms with Crippen molar-refractivity contribution in [3.8, 4) is 16.8 Å². The van der Waals surface area contributed by atoms with Gasteiger partial charge in [0.1, 0.15) is 11.8 Å². The maximum absolute atomic E-state index is 13.7.